The van der Waals surface area contributed by atoms with Crippen molar-refractivity contribution in [2.24, 2.45) is 5.41 Å². The normalized spacial score (nSPS) is 19.8. The lowest BCUT2D eigenvalue weighted by atomic mass is 9.86. The number of hydrogen-bond donors (Lipinski definition) is 0. The van der Waals surface area contributed by atoms with E-state index in [2.05, 4.69) is 6.07 Å². The van der Waals surface area contributed by atoms with Crippen LogP contribution in [0.3, 0.4) is 0 Å². The summed E-state index contributed by atoms with van der Waals surface area (Å²) in [6, 6.07) is 8.84. The van der Waals surface area contributed by atoms with Crippen molar-refractivity contribution >= 4 is 0 Å². The van der Waals surface area contributed by atoms with Gasteiger partial charge in [0, 0.05) is 0 Å². The maximum Gasteiger partial charge on any atom is 0.123 e. The van der Waals surface area contributed by atoms with Gasteiger partial charge in [-0.3, -0.25) is 0 Å². The topological polar surface area (TPSA) is 23.8 Å². The lowest BCUT2D eigenvalue weighted by Crippen LogP contribution is -2.08. The molecule has 1 fully saturated rings. The molecule has 0 aliphatic heterocycles. The van der Waals surface area contributed by atoms with Crippen molar-refractivity contribution in [3.8, 4) is 6.07 Å². The van der Waals surface area contributed by atoms with E-state index in [0.717, 1.165) is 18.4 Å². The van der Waals surface area contributed by atoms with Crippen molar-refractivity contribution in [3.05, 3.63) is 35.6 Å². The molecule has 0 spiro atoms. The van der Waals surface area contributed by atoms with Crippen LogP contribution in [0, 0.1) is 22.6 Å². The molecule has 0 amide bonds. The molecule has 0 saturated heterocycles. The van der Waals surface area contributed by atoms with E-state index in [4.69, 9.17) is 5.26 Å². The summed E-state index contributed by atoms with van der Waals surface area (Å²) in [7, 11) is 0. The SMILES string of the molecule is CC(c1ccc(F)cc1)C1(C#N)CC1. The van der Waals surface area contributed by atoms with Crippen molar-refractivity contribution in [2.75, 3.05) is 0 Å². The summed E-state index contributed by atoms with van der Waals surface area (Å²) in [5.41, 5.74) is 0.892. The molecule has 1 aromatic carbocycles. The summed E-state index contributed by atoms with van der Waals surface area (Å²) >= 11 is 0. The molecule has 1 unspecified atom stereocenters. The summed E-state index contributed by atoms with van der Waals surface area (Å²) in [5, 5.41) is 9.02. The average Bonchev–Trinajstić information content (AvgIpc) is 2.99. The number of benzene rings is 1. The van der Waals surface area contributed by atoms with Gasteiger partial charge in [0.1, 0.15) is 5.82 Å². The van der Waals surface area contributed by atoms with E-state index in [9.17, 15) is 4.39 Å². The molecule has 1 atom stereocenters. The van der Waals surface area contributed by atoms with Gasteiger partial charge in [-0.2, -0.15) is 5.26 Å². The predicted molar refractivity (Wildman–Crippen MR) is 52.1 cm³/mol. The van der Waals surface area contributed by atoms with Gasteiger partial charge < -0.3 is 0 Å². The van der Waals surface area contributed by atoms with Gasteiger partial charge in [0.2, 0.25) is 0 Å². The molecule has 1 nitrogen and oxygen atoms in total. The minimum absolute atomic E-state index is 0.169. The molecule has 0 radical (unpaired) electrons. The Kier molecular flexibility index (Phi) is 2.03. The predicted octanol–water partition coefficient (Wildman–Crippen LogP) is 3.23. The third kappa shape index (κ3) is 1.39. The van der Waals surface area contributed by atoms with Crippen LogP contribution in [0.25, 0.3) is 0 Å². The van der Waals surface area contributed by atoms with Gasteiger partial charge in [-0.05, 0) is 36.5 Å². The first-order valence-corrected chi connectivity index (χ1v) is 4.85. The number of nitrogens with zero attached hydrogens (tertiary/aromatic N) is 1. The summed E-state index contributed by atoms with van der Waals surface area (Å²) in [6.07, 6.45) is 1.95. The maximum atomic E-state index is 12.7. The van der Waals surface area contributed by atoms with E-state index in [-0.39, 0.29) is 17.2 Å². The molecule has 1 aliphatic carbocycles. The van der Waals surface area contributed by atoms with Gasteiger partial charge in [-0.25, -0.2) is 4.39 Å². The van der Waals surface area contributed by atoms with Gasteiger partial charge in [-0.1, -0.05) is 19.1 Å². The van der Waals surface area contributed by atoms with E-state index in [1.165, 1.54) is 12.1 Å². The molecular weight excluding hydrogens is 177 g/mol. The molecule has 2 rings (SSSR count). The van der Waals surface area contributed by atoms with E-state index >= 15 is 0 Å². The summed E-state index contributed by atoms with van der Waals surface area (Å²) < 4.78 is 12.7. The average molecular weight is 189 g/mol. The zero-order valence-corrected chi connectivity index (χ0v) is 8.13. The first kappa shape index (κ1) is 9.21. The third-order valence-corrected chi connectivity index (χ3v) is 3.21. The van der Waals surface area contributed by atoms with Gasteiger partial charge in [0.25, 0.3) is 0 Å². The van der Waals surface area contributed by atoms with Crippen LogP contribution >= 0.6 is 0 Å². The van der Waals surface area contributed by atoms with Crippen LogP contribution in [0.4, 0.5) is 4.39 Å². The molecule has 1 aromatic rings. The molecule has 0 bridgehead atoms. The first-order chi connectivity index (χ1) is 6.68. The highest BCUT2D eigenvalue weighted by Gasteiger charge is 2.48. The van der Waals surface area contributed by atoms with E-state index < -0.39 is 0 Å². The molecule has 2 heteroatoms. The zero-order chi connectivity index (χ0) is 10.2. The number of rotatable bonds is 2. The van der Waals surface area contributed by atoms with Crippen LogP contribution in [-0.4, -0.2) is 0 Å². The van der Waals surface area contributed by atoms with Crippen LogP contribution in [0.5, 0.6) is 0 Å². The fourth-order valence-electron chi connectivity index (χ4n) is 1.85. The summed E-state index contributed by atoms with van der Waals surface area (Å²) in [6.45, 7) is 2.05. The minimum atomic E-state index is -0.220. The smallest absolute Gasteiger partial charge is 0.123 e. The highest BCUT2D eigenvalue weighted by atomic mass is 19.1. The van der Waals surface area contributed by atoms with Crippen molar-refractivity contribution in [3.63, 3.8) is 0 Å². The van der Waals surface area contributed by atoms with Crippen LogP contribution in [-0.2, 0) is 0 Å². The highest BCUT2D eigenvalue weighted by molar-refractivity contribution is 5.28. The van der Waals surface area contributed by atoms with Gasteiger partial charge >= 0.3 is 0 Å². The van der Waals surface area contributed by atoms with Crippen LogP contribution < -0.4 is 0 Å². The summed E-state index contributed by atoms with van der Waals surface area (Å²) in [4.78, 5) is 0. The Hall–Kier alpha value is -1.36. The second-order valence-electron chi connectivity index (χ2n) is 4.04. The van der Waals surface area contributed by atoms with Crippen molar-refractivity contribution in [1.29, 1.82) is 5.26 Å². The second kappa shape index (κ2) is 3.09. The highest BCUT2D eigenvalue weighted by Crippen LogP contribution is 2.55. The van der Waals surface area contributed by atoms with Crippen molar-refractivity contribution in [2.45, 2.75) is 25.7 Å². The zero-order valence-electron chi connectivity index (χ0n) is 8.13. The number of hydrogen-bond acceptors (Lipinski definition) is 1. The molecule has 72 valence electrons. The Balaban J connectivity index is 2.24. The molecule has 14 heavy (non-hydrogen) atoms. The fraction of sp³-hybridized carbons (Fsp3) is 0.417. The summed E-state index contributed by atoms with van der Waals surface area (Å²) in [5.74, 6) is -0.00384. The van der Waals surface area contributed by atoms with E-state index in [1.54, 1.807) is 12.1 Å². The van der Waals surface area contributed by atoms with Crippen LogP contribution in [0.1, 0.15) is 31.2 Å². The van der Waals surface area contributed by atoms with Crippen LogP contribution in [0.15, 0.2) is 24.3 Å². The fourth-order valence-corrected chi connectivity index (χ4v) is 1.85. The number of nitriles is 1. The van der Waals surface area contributed by atoms with Gasteiger partial charge in [-0.15, -0.1) is 0 Å². The maximum absolute atomic E-state index is 12.7. The first-order valence-electron chi connectivity index (χ1n) is 4.85. The standard InChI is InChI=1S/C12H12FN/c1-9(12(8-14)6-7-12)10-2-4-11(13)5-3-10/h2-5,9H,6-7H2,1H3. The molecule has 1 aliphatic rings. The van der Waals surface area contributed by atoms with Crippen molar-refractivity contribution in [1.82, 2.24) is 0 Å². The Labute approximate surface area is 83.2 Å². The van der Waals surface area contributed by atoms with Crippen molar-refractivity contribution < 1.29 is 4.39 Å². The van der Waals surface area contributed by atoms with Gasteiger partial charge in [0.05, 0.1) is 11.5 Å². The second-order valence-corrected chi connectivity index (χ2v) is 4.04. The Bertz CT molecular complexity index is 370. The molecular formula is C12H12FN. The lowest BCUT2D eigenvalue weighted by molar-refractivity contribution is 0.539. The lowest BCUT2D eigenvalue weighted by Gasteiger charge is -2.16. The molecule has 0 N–H and O–H groups in total. The molecule has 0 heterocycles. The Morgan fingerprint density at radius 2 is 1.93 bits per heavy atom. The van der Waals surface area contributed by atoms with E-state index in [0.29, 0.717) is 0 Å². The Morgan fingerprint density at radius 1 is 1.36 bits per heavy atom. The van der Waals surface area contributed by atoms with Gasteiger partial charge in [0.15, 0.2) is 0 Å². The quantitative estimate of drug-likeness (QED) is 0.700. The van der Waals surface area contributed by atoms with Crippen LogP contribution in [0.2, 0.25) is 0 Å². The Morgan fingerprint density at radius 3 is 2.36 bits per heavy atom. The monoisotopic (exact) mass is 189 g/mol. The molecule has 1 saturated carbocycles. The van der Waals surface area contributed by atoms with E-state index in [1.807, 2.05) is 6.92 Å². The minimum Gasteiger partial charge on any atom is -0.207 e. The third-order valence-electron chi connectivity index (χ3n) is 3.21. The molecule has 0 aromatic heterocycles. The largest absolute Gasteiger partial charge is 0.207 e. The number of halogens is 1.